The molecule has 6 heteroatoms. The van der Waals surface area contributed by atoms with Crippen molar-refractivity contribution in [3.63, 3.8) is 0 Å². The molecule has 146 valence electrons. The lowest BCUT2D eigenvalue weighted by Crippen LogP contribution is -2.43. The summed E-state index contributed by atoms with van der Waals surface area (Å²) in [6, 6.07) is 6.95. The minimum atomic E-state index is -1.13. The van der Waals surface area contributed by atoms with E-state index in [9.17, 15) is 14.4 Å². The Hall–Kier alpha value is -2.37. The largest absolute Gasteiger partial charge is 0.355 e. The van der Waals surface area contributed by atoms with Crippen molar-refractivity contribution in [3.05, 3.63) is 35.4 Å². The Morgan fingerprint density at radius 3 is 2.56 bits per heavy atom. The molecule has 0 bridgehead atoms. The third-order valence-corrected chi connectivity index (χ3v) is 5.79. The molecule has 1 saturated heterocycles. The molecule has 1 saturated carbocycles. The lowest BCUT2D eigenvalue weighted by molar-refractivity contribution is -0.134. The molecule has 3 rings (SSSR count). The molecule has 0 aromatic heterocycles. The predicted octanol–water partition coefficient (Wildman–Crippen LogP) is 2.85. The van der Waals surface area contributed by atoms with Gasteiger partial charge < -0.3 is 10.6 Å². The number of benzene rings is 1. The molecule has 0 spiro atoms. The molecule has 1 atom stereocenters. The Kier molecular flexibility index (Phi) is 5.82. The van der Waals surface area contributed by atoms with Gasteiger partial charge in [-0.25, -0.2) is 4.79 Å². The van der Waals surface area contributed by atoms with E-state index in [1.807, 2.05) is 31.2 Å². The first-order chi connectivity index (χ1) is 12.9. The number of imide groups is 1. The number of amides is 4. The van der Waals surface area contributed by atoms with Gasteiger partial charge in [0, 0.05) is 6.54 Å². The number of carbonyl (C=O) groups excluding carboxylic acids is 3. The Morgan fingerprint density at radius 1 is 1.22 bits per heavy atom. The molecule has 2 fully saturated rings. The lowest BCUT2D eigenvalue weighted by atomic mass is 9.91. The fraction of sp³-hybridized carbons (Fsp3) is 0.571. The van der Waals surface area contributed by atoms with Gasteiger partial charge in [0.15, 0.2) is 0 Å². The molecule has 1 unspecified atom stereocenters. The van der Waals surface area contributed by atoms with Crippen LogP contribution in [-0.4, -0.2) is 35.8 Å². The highest BCUT2D eigenvalue weighted by molar-refractivity contribution is 6.09. The van der Waals surface area contributed by atoms with E-state index in [0.29, 0.717) is 12.1 Å². The topological polar surface area (TPSA) is 78.5 Å². The van der Waals surface area contributed by atoms with Crippen molar-refractivity contribution < 1.29 is 14.4 Å². The van der Waals surface area contributed by atoms with Crippen LogP contribution in [0.3, 0.4) is 0 Å². The third-order valence-electron chi connectivity index (χ3n) is 5.79. The van der Waals surface area contributed by atoms with Crippen LogP contribution in [0.2, 0.25) is 0 Å². The van der Waals surface area contributed by atoms with E-state index in [1.54, 1.807) is 6.92 Å². The van der Waals surface area contributed by atoms with Crippen molar-refractivity contribution in [2.45, 2.75) is 57.9 Å². The highest BCUT2D eigenvalue weighted by atomic mass is 16.2. The van der Waals surface area contributed by atoms with Crippen molar-refractivity contribution in [1.29, 1.82) is 0 Å². The van der Waals surface area contributed by atoms with E-state index < -0.39 is 17.5 Å². The molecule has 1 aromatic carbocycles. The van der Waals surface area contributed by atoms with E-state index in [2.05, 4.69) is 10.6 Å². The second kappa shape index (κ2) is 8.11. The molecule has 2 N–H and O–H groups in total. The van der Waals surface area contributed by atoms with Crippen LogP contribution in [0.15, 0.2) is 24.3 Å². The number of rotatable bonds is 7. The van der Waals surface area contributed by atoms with E-state index in [0.717, 1.165) is 29.2 Å². The second-order valence-electron chi connectivity index (χ2n) is 7.96. The third kappa shape index (κ3) is 4.31. The number of carbonyl (C=O) groups is 3. The van der Waals surface area contributed by atoms with E-state index in [4.69, 9.17) is 0 Å². The Balaban J connectivity index is 1.52. The highest BCUT2D eigenvalue weighted by Crippen LogP contribution is 2.29. The van der Waals surface area contributed by atoms with Crippen LogP contribution in [0.25, 0.3) is 0 Å². The molecule has 6 nitrogen and oxygen atoms in total. The summed E-state index contributed by atoms with van der Waals surface area (Å²) in [6.45, 7) is 3.99. The average Bonchev–Trinajstić information content (AvgIpc) is 3.23. The Labute approximate surface area is 160 Å². The summed E-state index contributed by atoms with van der Waals surface area (Å²) < 4.78 is 0. The van der Waals surface area contributed by atoms with E-state index >= 15 is 0 Å². The first-order valence-electron chi connectivity index (χ1n) is 9.88. The summed E-state index contributed by atoms with van der Waals surface area (Å²) in [5.41, 5.74) is 0.659. The van der Waals surface area contributed by atoms with E-state index in [1.165, 1.54) is 25.7 Å². The van der Waals surface area contributed by atoms with Crippen LogP contribution in [0, 0.1) is 12.8 Å². The molecule has 27 heavy (non-hydrogen) atoms. The molecule has 0 radical (unpaired) electrons. The number of nitrogens with zero attached hydrogens (tertiary/aromatic N) is 1. The van der Waals surface area contributed by atoms with Gasteiger partial charge in [0.25, 0.3) is 5.91 Å². The fourth-order valence-corrected chi connectivity index (χ4v) is 4.04. The monoisotopic (exact) mass is 371 g/mol. The molecule has 4 amide bonds. The number of nitrogens with one attached hydrogen (secondary N) is 2. The fourth-order valence-electron chi connectivity index (χ4n) is 4.04. The van der Waals surface area contributed by atoms with Gasteiger partial charge in [-0.2, -0.15) is 0 Å². The van der Waals surface area contributed by atoms with Crippen LogP contribution in [0.5, 0.6) is 0 Å². The molecular formula is C21H29N3O3. The second-order valence-corrected chi connectivity index (χ2v) is 7.96. The van der Waals surface area contributed by atoms with Crippen LogP contribution >= 0.6 is 0 Å². The Bertz CT molecular complexity index is 710. The van der Waals surface area contributed by atoms with Crippen LogP contribution in [0.1, 0.15) is 56.6 Å². The standard InChI is InChI=1S/C21H29N3O3/c1-15-9-11-17(12-10-15)21(2)19(26)24(20(27)23-21)14-18(25)22-13-5-8-16-6-3-4-7-16/h9-12,16H,3-8,13-14H2,1-2H3,(H,22,25)(H,23,27). The van der Waals surface area contributed by atoms with Crippen molar-refractivity contribution >= 4 is 17.8 Å². The first-order valence-corrected chi connectivity index (χ1v) is 9.88. The maximum absolute atomic E-state index is 12.8. The zero-order valence-electron chi connectivity index (χ0n) is 16.2. The lowest BCUT2D eigenvalue weighted by Gasteiger charge is -2.22. The molecule has 2 aliphatic rings. The molecular weight excluding hydrogens is 342 g/mol. The number of hydrogen-bond acceptors (Lipinski definition) is 3. The van der Waals surface area contributed by atoms with Gasteiger partial charge in [0.2, 0.25) is 5.91 Å². The summed E-state index contributed by atoms with van der Waals surface area (Å²) in [4.78, 5) is 38.3. The summed E-state index contributed by atoms with van der Waals surface area (Å²) >= 11 is 0. The maximum Gasteiger partial charge on any atom is 0.325 e. The van der Waals surface area contributed by atoms with Crippen LogP contribution in [0.4, 0.5) is 4.79 Å². The summed E-state index contributed by atoms with van der Waals surface area (Å²) in [6.07, 6.45) is 7.32. The summed E-state index contributed by atoms with van der Waals surface area (Å²) in [5.74, 6) is 0.110. The summed E-state index contributed by atoms with van der Waals surface area (Å²) in [5, 5.41) is 5.57. The van der Waals surface area contributed by atoms with Gasteiger partial charge in [-0.15, -0.1) is 0 Å². The maximum atomic E-state index is 12.8. The minimum absolute atomic E-state index is 0.241. The van der Waals surface area contributed by atoms with Crippen LogP contribution in [-0.2, 0) is 15.1 Å². The quantitative estimate of drug-likeness (QED) is 0.571. The van der Waals surface area contributed by atoms with Gasteiger partial charge in [-0.05, 0) is 38.2 Å². The van der Waals surface area contributed by atoms with E-state index in [-0.39, 0.29) is 12.5 Å². The van der Waals surface area contributed by atoms with Gasteiger partial charge in [-0.3, -0.25) is 14.5 Å². The molecule has 1 aliphatic heterocycles. The number of hydrogen-bond donors (Lipinski definition) is 2. The summed E-state index contributed by atoms with van der Waals surface area (Å²) in [7, 11) is 0. The Morgan fingerprint density at radius 2 is 1.89 bits per heavy atom. The normalized spacial score (nSPS) is 23.0. The van der Waals surface area contributed by atoms with Gasteiger partial charge in [0.1, 0.15) is 12.1 Å². The predicted molar refractivity (Wildman–Crippen MR) is 103 cm³/mol. The van der Waals surface area contributed by atoms with Gasteiger partial charge in [0.05, 0.1) is 0 Å². The zero-order valence-corrected chi connectivity index (χ0v) is 16.2. The average molecular weight is 371 g/mol. The van der Waals surface area contributed by atoms with Gasteiger partial charge >= 0.3 is 6.03 Å². The number of urea groups is 1. The van der Waals surface area contributed by atoms with Crippen molar-refractivity contribution in [1.82, 2.24) is 15.5 Å². The smallest absolute Gasteiger partial charge is 0.325 e. The van der Waals surface area contributed by atoms with Crippen LogP contribution < -0.4 is 10.6 Å². The molecule has 1 heterocycles. The zero-order chi connectivity index (χ0) is 19.4. The number of aryl methyl sites for hydroxylation is 1. The molecule has 1 aliphatic carbocycles. The first kappa shape index (κ1) is 19.4. The van der Waals surface area contributed by atoms with Crippen molar-refractivity contribution in [2.75, 3.05) is 13.1 Å². The minimum Gasteiger partial charge on any atom is -0.355 e. The highest BCUT2D eigenvalue weighted by Gasteiger charge is 2.49. The SMILES string of the molecule is Cc1ccc(C2(C)NC(=O)N(CC(=O)NCCCC3CCCC3)C2=O)cc1. The van der Waals surface area contributed by atoms with Crippen molar-refractivity contribution in [2.24, 2.45) is 5.92 Å². The van der Waals surface area contributed by atoms with Gasteiger partial charge in [-0.1, -0.05) is 55.5 Å². The molecule has 1 aromatic rings. The van der Waals surface area contributed by atoms with Crippen molar-refractivity contribution in [3.8, 4) is 0 Å².